The number of benzene rings is 2. The Morgan fingerprint density at radius 3 is 2.78 bits per heavy atom. The average molecular weight is 312 g/mol. The summed E-state index contributed by atoms with van der Waals surface area (Å²) in [4.78, 5) is 23.5. The third-order valence-electron chi connectivity index (χ3n) is 3.26. The Morgan fingerprint density at radius 1 is 1.17 bits per heavy atom. The molecule has 0 bridgehead atoms. The van der Waals surface area contributed by atoms with E-state index in [0.717, 1.165) is 5.39 Å². The van der Waals surface area contributed by atoms with Crippen LogP contribution in [0.4, 0.5) is 15.8 Å². The number of hydrogen-bond acceptors (Lipinski definition) is 3. The first kappa shape index (κ1) is 14.7. The van der Waals surface area contributed by atoms with Crippen molar-refractivity contribution in [2.24, 2.45) is 0 Å². The van der Waals surface area contributed by atoms with E-state index in [4.69, 9.17) is 0 Å². The van der Waals surface area contributed by atoms with Crippen molar-refractivity contribution in [2.75, 3.05) is 10.6 Å². The van der Waals surface area contributed by atoms with Crippen molar-refractivity contribution in [2.45, 2.75) is 6.92 Å². The summed E-state index contributed by atoms with van der Waals surface area (Å²) in [5.41, 5.74) is 1.42. The molecule has 0 unspecified atom stereocenters. The van der Waals surface area contributed by atoms with Crippen LogP contribution in [0.5, 0.6) is 0 Å². The van der Waals surface area contributed by atoms with Crippen LogP contribution in [-0.4, -0.2) is 22.0 Å². The molecule has 0 saturated carbocycles. The van der Waals surface area contributed by atoms with Crippen molar-refractivity contribution in [3.8, 4) is 0 Å². The number of carbonyl (C=O) groups excluding carboxylic acids is 2. The molecule has 3 aromatic rings. The van der Waals surface area contributed by atoms with Gasteiger partial charge in [-0.05, 0) is 24.3 Å². The highest BCUT2D eigenvalue weighted by Gasteiger charge is 2.13. The Kier molecular flexibility index (Phi) is 3.76. The summed E-state index contributed by atoms with van der Waals surface area (Å²) in [6, 6.07) is 9.21. The van der Waals surface area contributed by atoms with Crippen LogP contribution in [0, 0.1) is 5.82 Å². The predicted molar refractivity (Wildman–Crippen MR) is 84.8 cm³/mol. The highest BCUT2D eigenvalue weighted by molar-refractivity contribution is 6.12. The number of amides is 2. The minimum atomic E-state index is -0.575. The molecule has 0 spiro atoms. The van der Waals surface area contributed by atoms with Gasteiger partial charge < -0.3 is 10.6 Å². The molecule has 3 N–H and O–H groups in total. The summed E-state index contributed by atoms with van der Waals surface area (Å²) in [6.07, 6.45) is 1.62. The van der Waals surface area contributed by atoms with Crippen LogP contribution in [0.15, 0.2) is 42.6 Å². The van der Waals surface area contributed by atoms with Crippen molar-refractivity contribution in [3.63, 3.8) is 0 Å². The molecule has 0 aliphatic heterocycles. The van der Waals surface area contributed by atoms with Gasteiger partial charge >= 0.3 is 0 Å². The van der Waals surface area contributed by atoms with Gasteiger partial charge in [0.25, 0.3) is 5.91 Å². The number of anilines is 2. The SMILES string of the molecule is CC(=O)Nc1cc(NC(=O)c2cccc3cn[nH]c23)ccc1F. The number of aromatic amines is 1. The van der Waals surface area contributed by atoms with Gasteiger partial charge in [0.05, 0.1) is 23.0 Å². The standard InChI is InChI=1S/C16H13FN4O2/c1-9(22)19-14-7-11(5-6-13(14)17)20-16(23)12-4-2-3-10-8-18-21-15(10)12/h2-8H,1H3,(H,18,21)(H,19,22)(H,20,23). The maximum absolute atomic E-state index is 13.6. The Hall–Kier alpha value is -3.22. The molecule has 6 nitrogen and oxygen atoms in total. The zero-order valence-corrected chi connectivity index (χ0v) is 12.2. The fourth-order valence-corrected chi connectivity index (χ4v) is 2.25. The molecule has 23 heavy (non-hydrogen) atoms. The van der Waals surface area contributed by atoms with E-state index < -0.39 is 11.7 Å². The lowest BCUT2D eigenvalue weighted by molar-refractivity contribution is -0.114. The summed E-state index contributed by atoms with van der Waals surface area (Å²) in [5.74, 6) is -1.33. The highest BCUT2D eigenvalue weighted by atomic mass is 19.1. The van der Waals surface area contributed by atoms with Crippen molar-refractivity contribution in [3.05, 3.63) is 54.0 Å². The van der Waals surface area contributed by atoms with Gasteiger partial charge in [-0.25, -0.2) is 4.39 Å². The average Bonchev–Trinajstić information content (AvgIpc) is 2.98. The Balaban J connectivity index is 1.88. The van der Waals surface area contributed by atoms with Crippen LogP contribution in [0.3, 0.4) is 0 Å². The Bertz CT molecular complexity index is 904. The molecular formula is C16H13FN4O2. The molecule has 7 heteroatoms. The maximum Gasteiger partial charge on any atom is 0.257 e. The topological polar surface area (TPSA) is 86.9 Å². The largest absolute Gasteiger partial charge is 0.324 e. The molecule has 0 atom stereocenters. The number of rotatable bonds is 3. The summed E-state index contributed by atoms with van der Waals surface area (Å²) in [7, 11) is 0. The first-order valence-electron chi connectivity index (χ1n) is 6.85. The monoisotopic (exact) mass is 312 g/mol. The molecule has 3 rings (SSSR count). The van der Waals surface area contributed by atoms with Crippen molar-refractivity contribution in [1.29, 1.82) is 0 Å². The van der Waals surface area contributed by atoms with Crippen molar-refractivity contribution < 1.29 is 14.0 Å². The molecule has 0 radical (unpaired) electrons. The van der Waals surface area contributed by atoms with Crippen LogP contribution < -0.4 is 10.6 Å². The first-order chi connectivity index (χ1) is 11.0. The Labute approximate surface area is 130 Å². The van der Waals surface area contributed by atoms with Crippen LogP contribution in [0.2, 0.25) is 0 Å². The molecule has 2 aromatic carbocycles. The van der Waals surface area contributed by atoms with E-state index in [0.29, 0.717) is 16.8 Å². The quantitative estimate of drug-likeness (QED) is 0.695. The fraction of sp³-hybridized carbons (Fsp3) is 0.0625. The van der Waals surface area contributed by atoms with Crippen LogP contribution in [0.1, 0.15) is 17.3 Å². The highest BCUT2D eigenvalue weighted by Crippen LogP contribution is 2.22. The third-order valence-corrected chi connectivity index (χ3v) is 3.26. The number of para-hydroxylation sites is 1. The molecule has 2 amide bonds. The number of hydrogen-bond donors (Lipinski definition) is 3. The van der Waals surface area contributed by atoms with E-state index in [1.54, 1.807) is 18.3 Å². The van der Waals surface area contributed by atoms with E-state index >= 15 is 0 Å². The number of H-pyrrole nitrogens is 1. The third kappa shape index (κ3) is 3.03. The minimum Gasteiger partial charge on any atom is -0.324 e. The first-order valence-corrected chi connectivity index (χ1v) is 6.85. The van der Waals surface area contributed by atoms with Gasteiger partial charge in [-0.3, -0.25) is 14.7 Å². The molecule has 0 fully saturated rings. The predicted octanol–water partition coefficient (Wildman–Crippen LogP) is 2.91. The van der Waals surface area contributed by atoms with Gasteiger partial charge in [0, 0.05) is 18.0 Å². The van der Waals surface area contributed by atoms with Crippen molar-refractivity contribution >= 4 is 34.1 Å². The number of aromatic nitrogens is 2. The van der Waals surface area contributed by atoms with Gasteiger partial charge in [0.15, 0.2) is 0 Å². The number of nitrogens with zero attached hydrogens (tertiary/aromatic N) is 1. The zero-order chi connectivity index (χ0) is 16.4. The van der Waals surface area contributed by atoms with E-state index in [-0.39, 0.29) is 11.6 Å². The molecular weight excluding hydrogens is 299 g/mol. The van der Waals surface area contributed by atoms with Gasteiger partial charge in [-0.15, -0.1) is 0 Å². The molecule has 1 aromatic heterocycles. The molecule has 116 valence electrons. The number of carbonyl (C=O) groups is 2. The van der Waals surface area contributed by atoms with Crippen LogP contribution >= 0.6 is 0 Å². The van der Waals surface area contributed by atoms with E-state index in [2.05, 4.69) is 20.8 Å². The second kappa shape index (κ2) is 5.88. The lowest BCUT2D eigenvalue weighted by Gasteiger charge is -2.09. The lowest BCUT2D eigenvalue weighted by Crippen LogP contribution is -2.13. The Morgan fingerprint density at radius 2 is 2.00 bits per heavy atom. The van der Waals surface area contributed by atoms with Gasteiger partial charge in [-0.2, -0.15) is 5.10 Å². The second-order valence-corrected chi connectivity index (χ2v) is 4.97. The van der Waals surface area contributed by atoms with E-state index in [1.807, 2.05) is 6.07 Å². The molecule has 0 aliphatic rings. The van der Waals surface area contributed by atoms with E-state index in [1.165, 1.54) is 25.1 Å². The summed E-state index contributed by atoms with van der Waals surface area (Å²) >= 11 is 0. The summed E-state index contributed by atoms with van der Waals surface area (Å²) in [5, 5.41) is 12.5. The minimum absolute atomic E-state index is 0.00930. The lowest BCUT2D eigenvalue weighted by atomic mass is 10.1. The number of halogens is 1. The normalized spacial score (nSPS) is 10.5. The van der Waals surface area contributed by atoms with E-state index in [9.17, 15) is 14.0 Å². The molecule has 0 aliphatic carbocycles. The molecule has 0 saturated heterocycles. The van der Waals surface area contributed by atoms with Crippen LogP contribution in [-0.2, 0) is 4.79 Å². The van der Waals surface area contributed by atoms with Gasteiger partial charge in [0.1, 0.15) is 5.82 Å². The number of fused-ring (bicyclic) bond motifs is 1. The maximum atomic E-state index is 13.6. The second-order valence-electron chi connectivity index (χ2n) is 4.97. The van der Waals surface area contributed by atoms with Gasteiger partial charge in [0.2, 0.25) is 5.91 Å². The number of nitrogens with one attached hydrogen (secondary N) is 3. The fourth-order valence-electron chi connectivity index (χ4n) is 2.25. The summed E-state index contributed by atoms with van der Waals surface area (Å²) < 4.78 is 13.6. The van der Waals surface area contributed by atoms with Gasteiger partial charge in [-0.1, -0.05) is 12.1 Å². The summed E-state index contributed by atoms with van der Waals surface area (Å²) in [6.45, 7) is 1.28. The molecule has 1 heterocycles. The zero-order valence-electron chi connectivity index (χ0n) is 12.2. The smallest absolute Gasteiger partial charge is 0.257 e. The van der Waals surface area contributed by atoms with Crippen molar-refractivity contribution in [1.82, 2.24) is 10.2 Å². The van der Waals surface area contributed by atoms with Crippen LogP contribution in [0.25, 0.3) is 10.9 Å².